The Morgan fingerprint density at radius 1 is 1.12 bits per heavy atom. The van der Waals surface area contributed by atoms with Gasteiger partial charge in [-0.15, -0.1) is 11.3 Å². The Kier molecular flexibility index (Phi) is 5.98. The number of fused-ring (bicyclic) bond motifs is 1. The number of halogens is 3. The van der Waals surface area contributed by atoms with Crippen molar-refractivity contribution in [3.63, 3.8) is 0 Å². The first-order valence-corrected chi connectivity index (χ1v) is 11.0. The van der Waals surface area contributed by atoms with Gasteiger partial charge in [-0.05, 0) is 24.6 Å². The SMILES string of the molecule is Cc1csc(C(O)(CC(=O)NC(c2ccccc2)c2nc3ccccc3n2C)C(F)(F)F)n1. The zero-order valence-electron chi connectivity index (χ0n) is 17.8. The highest BCUT2D eigenvalue weighted by Crippen LogP contribution is 2.43. The average molecular weight is 475 g/mol. The standard InChI is InChI=1S/C23H21F3N4O2S/c1-14-13-33-21(27-14)22(32,23(24,25)26)12-18(31)29-19(15-8-4-3-5-9-15)20-28-16-10-6-7-11-17(16)30(20)2/h3-11,13,19,32H,12H2,1-2H3,(H,29,31). The smallest absolute Gasteiger partial charge is 0.374 e. The number of alkyl halides is 3. The molecule has 1 amide bonds. The van der Waals surface area contributed by atoms with E-state index in [0.717, 1.165) is 5.52 Å². The molecule has 2 heterocycles. The summed E-state index contributed by atoms with van der Waals surface area (Å²) in [5, 5.41) is 14.0. The maximum atomic E-state index is 13.9. The molecule has 0 aliphatic carbocycles. The highest BCUT2D eigenvalue weighted by Gasteiger charge is 2.58. The minimum Gasteiger partial charge on any atom is -0.374 e. The van der Waals surface area contributed by atoms with Crippen LogP contribution in [0.15, 0.2) is 60.0 Å². The van der Waals surface area contributed by atoms with Crippen molar-refractivity contribution in [3.05, 3.63) is 82.1 Å². The number of aryl methyl sites for hydroxylation is 2. The predicted octanol–water partition coefficient (Wildman–Crippen LogP) is 4.38. The molecule has 10 heteroatoms. The van der Waals surface area contributed by atoms with E-state index in [1.807, 2.05) is 24.3 Å². The van der Waals surface area contributed by atoms with Gasteiger partial charge in [0.25, 0.3) is 0 Å². The van der Waals surface area contributed by atoms with Crippen LogP contribution < -0.4 is 5.32 Å². The van der Waals surface area contributed by atoms with Crippen LogP contribution in [0.1, 0.15) is 34.6 Å². The number of aromatic nitrogens is 3. The van der Waals surface area contributed by atoms with Crippen LogP contribution in [0, 0.1) is 6.92 Å². The first-order chi connectivity index (χ1) is 15.6. The molecular weight excluding hydrogens is 453 g/mol. The summed E-state index contributed by atoms with van der Waals surface area (Å²) in [6.45, 7) is 1.52. The van der Waals surface area contributed by atoms with Crippen LogP contribution in [0.4, 0.5) is 13.2 Å². The van der Waals surface area contributed by atoms with Crippen molar-refractivity contribution in [2.24, 2.45) is 7.05 Å². The van der Waals surface area contributed by atoms with Gasteiger partial charge >= 0.3 is 6.18 Å². The molecule has 33 heavy (non-hydrogen) atoms. The number of carbonyl (C=O) groups is 1. The number of benzene rings is 2. The molecule has 2 N–H and O–H groups in total. The fourth-order valence-corrected chi connectivity index (χ4v) is 4.56. The number of thiazole rings is 1. The molecule has 0 saturated carbocycles. The number of imidazole rings is 1. The van der Waals surface area contributed by atoms with Gasteiger partial charge in [0.05, 0.1) is 17.5 Å². The van der Waals surface area contributed by atoms with Gasteiger partial charge < -0.3 is 15.0 Å². The summed E-state index contributed by atoms with van der Waals surface area (Å²) in [5.74, 6) is -0.528. The van der Waals surface area contributed by atoms with Crippen LogP contribution in [0.2, 0.25) is 0 Å². The quantitative estimate of drug-likeness (QED) is 0.435. The van der Waals surface area contributed by atoms with Gasteiger partial charge in [-0.2, -0.15) is 13.2 Å². The Labute approximate surface area is 191 Å². The molecule has 0 bridgehead atoms. The van der Waals surface area contributed by atoms with Crippen molar-refractivity contribution in [2.45, 2.75) is 31.2 Å². The third-order valence-corrected chi connectivity index (χ3v) is 6.49. The number of rotatable bonds is 6. The Morgan fingerprint density at radius 3 is 2.39 bits per heavy atom. The van der Waals surface area contributed by atoms with Crippen LogP contribution in [-0.4, -0.2) is 31.7 Å². The van der Waals surface area contributed by atoms with E-state index in [1.54, 1.807) is 41.9 Å². The van der Waals surface area contributed by atoms with Crippen molar-refractivity contribution in [2.75, 3.05) is 0 Å². The molecule has 0 fully saturated rings. The summed E-state index contributed by atoms with van der Waals surface area (Å²) < 4.78 is 43.4. The van der Waals surface area contributed by atoms with Crippen molar-refractivity contribution in [1.29, 1.82) is 0 Å². The van der Waals surface area contributed by atoms with Gasteiger partial charge in [-0.1, -0.05) is 42.5 Å². The number of nitrogens with zero attached hydrogens (tertiary/aromatic N) is 3. The molecule has 2 aromatic carbocycles. The number of amides is 1. The van der Waals surface area contributed by atoms with Crippen molar-refractivity contribution >= 4 is 28.3 Å². The number of hydrogen-bond acceptors (Lipinski definition) is 5. The van der Waals surface area contributed by atoms with Gasteiger partial charge in [0, 0.05) is 18.1 Å². The molecular formula is C23H21F3N4O2S. The molecule has 2 atom stereocenters. The van der Waals surface area contributed by atoms with E-state index in [1.165, 1.54) is 12.3 Å². The Bertz CT molecular complexity index is 1290. The lowest BCUT2D eigenvalue weighted by atomic mass is 9.98. The molecule has 6 nitrogen and oxygen atoms in total. The van der Waals surface area contributed by atoms with Crippen LogP contribution in [0.25, 0.3) is 11.0 Å². The van der Waals surface area contributed by atoms with Crippen LogP contribution in [0.3, 0.4) is 0 Å². The molecule has 0 saturated heterocycles. The molecule has 4 rings (SSSR count). The lowest BCUT2D eigenvalue weighted by Gasteiger charge is -2.29. The normalized spacial score (nSPS) is 14.7. The maximum absolute atomic E-state index is 13.9. The zero-order chi connectivity index (χ0) is 23.8. The zero-order valence-corrected chi connectivity index (χ0v) is 18.6. The van der Waals surface area contributed by atoms with Crippen molar-refractivity contribution in [3.8, 4) is 0 Å². The molecule has 0 aliphatic rings. The lowest BCUT2D eigenvalue weighted by Crippen LogP contribution is -2.46. The summed E-state index contributed by atoms with van der Waals surface area (Å²) in [5.41, 5.74) is -0.920. The van der Waals surface area contributed by atoms with E-state index in [2.05, 4.69) is 15.3 Å². The van der Waals surface area contributed by atoms with E-state index >= 15 is 0 Å². The van der Waals surface area contributed by atoms with Gasteiger partial charge in [0.15, 0.2) is 0 Å². The summed E-state index contributed by atoms with van der Waals surface area (Å²) in [6.07, 6.45) is -6.31. The third-order valence-electron chi connectivity index (χ3n) is 5.38. The summed E-state index contributed by atoms with van der Waals surface area (Å²) in [4.78, 5) is 21.3. The van der Waals surface area contributed by atoms with E-state index in [0.29, 0.717) is 33.9 Å². The van der Waals surface area contributed by atoms with E-state index < -0.39 is 35.2 Å². The second-order valence-electron chi connectivity index (χ2n) is 7.76. The Hall–Kier alpha value is -3.24. The number of hydrogen-bond donors (Lipinski definition) is 2. The minimum atomic E-state index is -5.09. The van der Waals surface area contributed by atoms with Crippen molar-refractivity contribution in [1.82, 2.24) is 19.9 Å². The second-order valence-corrected chi connectivity index (χ2v) is 8.62. The topological polar surface area (TPSA) is 80.0 Å². The van der Waals surface area contributed by atoms with Gasteiger partial charge in [0.1, 0.15) is 16.9 Å². The van der Waals surface area contributed by atoms with Gasteiger partial charge in [-0.3, -0.25) is 4.79 Å². The van der Waals surface area contributed by atoms with Crippen LogP contribution >= 0.6 is 11.3 Å². The summed E-state index contributed by atoms with van der Waals surface area (Å²) in [6, 6.07) is 15.4. The molecule has 0 radical (unpaired) electrons. The summed E-state index contributed by atoms with van der Waals surface area (Å²) >= 11 is 0.665. The largest absolute Gasteiger partial charge is 0.424 e. The van der Waals surface area contributed by atoms with Crippen molar-refractivity contribution < 1.29 is 23.1 Å². The highest BCUT2D eigenvalue weighted by atomic mass is 32.1. The third kappa shape index (κ3) is 4.36. The maximum Gasteiger partial charge on any atom is 0.424 e. The molecule has 172 valence electrons. The molecule has 2 aromatic heterocycles. The number of para-hydroxylation sites is 2. The lowest BCUT2D eigenvalue weighted by molar-refractivity contribution is -0.267. The van der Waals surface area contributed by atoms with E-state index in [4.69, 9.17) is 0 Å². The van der Waals surface area contributed by atoms with Gasteiger partial charge in [0.2, 0.25) is 11.5 Å². The molecule has 2 unspecified atom stereocenters. The Morgan fingerprint density at radius 2 is 1.79 bits per heavy atom. The molecule has 0 spiro atoms. The molecule has 4 aromatic rings. The summed E-state index contributed by atoms with van der Waals surface area (Å²) in [7, 11) is 1.77. The van der Waals surface area contributed by atoms with Gasteiger partial charge in [-0.25, -0.2) is 9.97 Å². The van der Waals surface area contributed by atoms with Crippen LogP contribution in [0.5, 0.6) is 0 Å². The fraction of sp³-hybridized carbons (Fsp3) is 0.261. The number of nitrogens with one attached hydrogen (secondary N) is 1. The average Bonchev–Trinajstić information content (AvgIpc) is 3.36. The van der Waals surface area contributed by atoms with Crippen LogP contribution in [-0.2, 0) is 17.4 Å². The van der Waals surface area contributed by atoms with E-state index in [-0.39, 0.29) is 0 Å². The highest BCUT2D eigenvalue weighted by molar-refractivity contribution is 7.09. The first kappa shape index (κ1) is 22.9. The molecule has 0 aliphatic heterocycles. The second kappa shape index (κ2) is 8.60. The van der Waals surface area contributed by atoms with E-state index in [9.17, 15) is 23.1 Å². The fourth-order valence-electron chi connectivity index (χ4n) is 3.65. The number of aliphatic hydroxyl groups is 1. The monoisotopic (exact) mass is 474 g/mol. The number of carbonyl (C=O) groups excluding carboxylic acids is 1. The minimum absolute atomic E-state index is 0.333. The predicted molar refractivity (Wildman–Crippen MR) is 119 cm³/mol. The Balaban J connectivity index is 1.70. The first-order valence-electron chi connectivity index (χ1n) is 10.1.